The second-order valence-corrected chi connectivity index (χ2v) is 6.62. The summed E-state index contributed by atoms with van der Waals surface area (Å²) in [6.45, 7) is 4.90. The summed E-state index contributed by atoms with van der Waals surface area (Å²) in [6.07, 6.45) is 1.38. The molecule has 1 aliphatic heterocycles. The van der Waals surface area contributed by atoms with Gasteiger partial charge in [-0.25, -0.2) is 4.79 Å². The molecule has 0 radical (unpaired) electrons. The summed E-state index contributed by atoms with van der Waals surface area (Å²) < 4.78 is 0. The predicted molar refractivity (Wildman–Crippen MR) is 109 cm³/mol. The molecule has 2 aromatic carbocycles. The first-order valence-corrected chi connectivity index (χ1v) is 9.41. The highest BCUT2D eigenvalue weighted by atomic mass is 16.2. The zero-order valence-corrected chi connectivity index (χ0v) is 15.6. The third-order valence-electron chi connectivity index (χ3n) is 4.59. The van der Waals surface area contributed by atoms with Gasteiger partial charge in [-0.3, -0.25) is 4.79 Å². The predicted octanol–water partition coefficient (Wildman–Crippen LogP) is 3.78. The van der Waals surface area contributed by atoms with Crippen LogP contribution in [0.15, 0.2) is 54.6 Å². The molecule has 1 saturated heterocycles. The van der Waals surface area contributed by atoms with Gasteiger partial charge in [-0.1, -0.05) is 25.1 Å². The minimum Gasteiger partial charge on any atom is -0.368 e. The molecule has 0 atom stereocenters. The number of anilines is 3. The van der Waals surface area contributed by atoms with Crippen molar-refractivity contribution in [3.63, 3.8) is 0 Å². The van der Waals surface area contributed by atoms with E-state index in [0.29, 0.717) is 19.5 Å². The second kappa shape index (κ2) is 9.07. The molecule has 0 aromatic heterocycles. The van der Waals surface area contributed by atoms with Crippen molar-refractivity contribution in [1.82, 2.24) is 4.90 Å². The molecule has 0 unspecified atom stereocenters. The van der Waals surface area contributed by atoms with Crippen LogP contribution in [-0.2, 0) is 4.79 Å². The van der Waals surface area contributed by atoms with Gasteiger partial charge in [-0.05, 0) is 42.8 Å². The average molecular weight is 366 g/mol. The molecule has 1 fully saturated rings. The summed E-state index contributed by atoms with van der Waals surface area (Å²) in [6, 6.07) is 17.3. The van der Waals surface area contributed by atoms with Crippen LogP contribution in [0.5, 0.6) is 0 Å². The van der Waals surface area contributed by atoms with Gasteiger partial charge in [0.05, 0.1) is 0 Å². The van der Waals surface area contributed by atoms with Gasteiger partial charge < -0.3 is 20.4 Å². The van der Waals surface area contributed by atoms with Crippen molar-refractivity contribution < 1.29 is 9.59 Å². The number of rotatable bonds is 5. The number of urea groups is 1. The van der Waals surface area contributed by atoms with E-state index in [4.69, 9.17) is 0 Å². The van der Waals surface area contributed by atoms with E-state index in [2.05, 4.69) is 15.5 Å². The molecule has 3 amide bonds. The molecule has 6 heteroatoms. The Labute approximate surface area is 160 Å². The minimum atomic E-state index is -0.0603. The Hall–Kier alpha value is -3.02. The minimum absolute atomic E-state index is 0.0447. The van der Waals surface area contributed by atoms with Gasteiger partial charge in [0, 0.05) is 49.7 Å². The quantitative estimate of drug-likeness (QED) is 0.846. The lowest BCUT2D eigenvalue weighted by Crippen LogP contribution is -2.50. The molecule has 0 aliphatic carbocycles. The highest BCUT2D eigenvalue weighted by molar-refractivity contribution is 5.91. The fraction of sp³-hybridized carbons (Fsp3) is 0.333. The molecule has 0 spiro atoms. The van der Waals surface area contributed by atoms with Gasteiger partial charge in [0.2, 0.25) is 5.91 Å². The first-order valence-electron chi connectivity index (χ1n) is 9.41. The molecular weight excluding hydrogens is 340 g/mol. The standard InChI is InChI=1S/C21H26N4O2/c1-2-6-20(26)22-18-9-11-19(12-10-18)24-13-15-25(16-14-24)21(27)23-17-7-4-3-5-8-17/h3-5,7-12H,2,6,13-16H2,1H3,(H,22,26)(H,23,27). The Morgan fingerprint density at radius 1 is 0.852 bits per heavy atom. The summed E-state index contributed by atoms with van der Waals surface area (Å²) in [5, 5.41) is 5.83. The number of amides is 3. The molecule has 1 heterocycles. The topological polar surface area (TPSA) is 64.7 Å². The van der Waals surface area contributed by atoms with E-state index < -0.39 is 0 Å². The normalized spacial score (nSPS) is 14.0. The van der Waals surface area contributed by atoms with E-state index in [1.165, 1.54) is 0 Å². The van der Waals surface area contributed by atoms with Crippen LogP contribution >= 0.6 is 0 Å². The number of benzene rings is 2. The lowest BCUT2D eigenvalue weighted by Gasteiger charge is -2.36. The number of nitrogens with zero attached hydrogens (tertiary/aromatic N) is 2. The Morgan fingerprint density at radius 2 is 1.48 bits per heavy atom. The third kappa shape index (κ3) is 5.23. The highest BCUT2D eigenvalue weighted by Gasteiger charge is 2.21. The van der Waals surface area contributed by atoms with Crippen LogP contribution in [0.1, 0.15) is 19.8 Å². The van der Waals surface area contributed by atoms with Crippen molar-refractivity contribution >= 4 is 29.0 Å². The van der Waals surface area contributed by atoms with E-state index in [-0.39, 0.29) is 11.9 Å². The fourth-order valence-corrected chi connectivity index (χ4v) is 3.10. The average Bonchev–Trinajstić information content (AvgIpc) is 2.70. The molecule has 0 bridgehead atoms. The summed E-state index contributed by atoms with van der Waals surface area (Å²) in [7, 11) is 0. The summed E-state index contributed by atoms with van der Waals surface area (Å²) in [5.74, 6) is 0.0447. The molecule has 3 rings (SSSR count). The van der Waals surface area contributed by atoms with E-state index in [9.17, 15) is 9.59 Å². The molecule has 6 nitrogen and oxygen atoms in total. The number of carbonyl (C=O) groups is 2. The highest BCUT2D eigenvalue weighted by Crippen LogP contribution is 2.20. The lowest BCUT2D eigenvalue weighted by atomic mass is 10.2. The Balaban J connectivity index is 1.50. The van der Waals surface area contributed by atoms with E-state index in [1.54, 1.807) is 0 Å². The van der Waals surface area contributed by atoms with Crippen LogP contribution in [0.3, 0.4) is 0 Å². The molecule has 2 N–H and O–H groups in total. The molecule has 0 saturated carbocycles. The zero-order valence-electron chi connectivity index (χ0n) is 15.6. The lowest BCUT2D eigenvalue weighted by molar-refractivity contribution is -0.116. The van der Waals surface area contributed by atoms with Crippen LogP contribution < -0.4 is 15.5 Å². The van der Waals surface area contributed by atoms with Crippen LogP contribution in [0.25, 0.3) is 0 Å². The molecule has 142 valence electrons. The number of carbonyl (C=O) groups excluding carboxylic acids is 2. The van der Waals surface area contributed by atoms with Crippen LogP contribution in [0.2, 0.25) is 0 Å². The first kappa shape index (κ1) is 18.8. The Bertz CT molecular complexity index is 754. The first-order chi connectivity index (χ1) is 13.2. The van der Waals surface area contributed by atoms with E-state index >= 15 is 0 Å². The van der Waals surface area contributed by atoms with Crippen LogP contribution in [0.4, 0.5) is 21.9 Å². The molecule has 2 aromatic rings. The number of para-hydroxylation sites is 1. The number of nitrogens with one attached hydrogen (secondary N) is 2. The van der Waals surface area contributed by atoms with Gasteiger partial charge in [0.15, 0.2) is 0 Å². The maximum Gasteiger partial charge on any atom is 0.321 e. The fourth-order valence-electron chi connectivity index (χ4n) is 3.10. The molecule has 1 aliphatic rings. The van der Waals surface area contributed by atoms with Crippen molar-refractivity contribution in [2.24, 2.45) is 0 Å². The number of hydrogen-bond acceptors (Lipinski definition) is 3. The SMILES string of the molecule is CCCC(=O)Nc1ccc(N2CCN(C(=O)Nc3ccccc3)CC2)cc1. The molecular formula is C21H26N4O2. The van der Waals surface area contributed by atoms with Crippen LogP contribution in [-0.4, -0.2) is 43.0 Å². The monoisotopic (exact) mass is 366 g/mol. The summed E-state index contributed by atoms with van der Waals surface area (Å²) in [5.41, 5.74) is 2.73. The van der Waals surface area contributed by atoms with Gasteiger partial charge in [0.25, 0.3) is 0 Å². The number of piperazine rings is 1. The summed E-state index contributed by atoms with van der Waals surface area (Å²) in [4.78, 5) is 28.1. The zero-order chi connectivity index (χ0) is 19.1. The van der Waals surface area contributed by atoms with E-state index in [0.717, 1.165) is 36.6 Å². The van der Waals surface area contributed by atoms with E-state index in [1.807, 2.05) is 66.4 Å². The van der Waals surface area contributed by atoms with Gasteiger partial charge >= 0.3 is 6.03 Å². The second-order valence-electron chi connectivity index (χ2n) is 6.62. The van der Waals surface area contributed by atoms with Crippen molar-refractivity contribution in [2.45, 2.75) is 19.8 Å². The molecule has 27 heavy (non-hydrogen) atoms. The van der Waals surface area contributed by atoms with Crippen molar-refractivity contribution in [3.8, 4) is 0 Å². The maximum absolute atomic E-state index is 12.4. The number of hydrogen-bond donors (Lipinski definition) is 2. The van der Waals surface area contributed by atoms with Gasteiger partial charge in [0.1, 0.15) is 0 Å². The summed E-state index contributed by atoms with van der Waals surface area (Å²) >= 11 is 0. The van der Waals surface area contributed by atoms with Crippen molar-refractivity contribution in [2.75, 3.05) is 41.7 Å². The maximum atomic E-state index is 12.4. The van der Waals surface area contributed by atoms with Crippen molar-refractivity contribution in [1.29, 1.82) is 0 Å². The smallest absolute Gasteiger partial charge is 0.321 e. The largest absolute Gasteiger partial charge is 0.368 e. The van der Waals surface area contributed by atoms with Crippen molar-refractivity contribution in [3.05, 3.63) is 54.6 Å². The third-order valence-corrected chi connectivity index (χ3v) is 4.59. The Kier molecular flexibility index (Phi) is 6.30. The Morgan fingerprint density at radius 3 is 2.11 bits per heavy atom. The van der Waals surface area contributed by atoms with Crippen LogP contribution in [0, 0.1) is 0 Å². The van der Waals surface area contributed by atoms with Gasteiger partial charge in [-0.2, -0.15) is 0 Å². The van der Waals surface area contributed by atoms with Gasteiger partial charge in [-0.15, -0.1) is 0 Å².